The lowest BCUT2D eigenvalue weighted by molar-refractivity contribution is 0.0150. The van der Waals surface area contributed by atoms with Gasteiger partial charge in [0.15, 0.2) is 5.82 Å². The van der Waals surface area contributed by atoms with Crippen LogP contribution in [0.4, 0.5) is 11.5 Å². The third kappa shape index (κ3) is 6.37. The summed E-state index contributed by atoms with van der Waals surface area (Å²) in [6, 6.07) is 13.8. The van der Waals surface area contributed by atoms with Gasteiger partial charge in [-0.25, -0.2) is 24.0 Å². The monoisotopic (exact) mass is 623 g/mol. The predicted molar refractivity (Wildman–Crippen MR) is 168 cm³/mol. The van der Waals surface area contributed by atoms with E-state index in [9.17, 15) is 4.79 Å². The lowest BCUT2D eigenvalue weighted by Crippen LogP contribution is -2.46. The van der Waals surface area contributed by atoms with Crippen LogP contribution in [0.5, 0.6) is 5.75 Å². The normalized spacial score (nSPS) is 20.5. The maximum Gasteiger partial charge on any atom is 0.351 e. The Balaban J connectivity index is 0.988. The molecule has 4 heterocycles. The Morgan fingerprint density at radius 3 is 2.42 bits per heavy atom. The number of nitrogens with zero attached hydrogens (tertiary/aromatic N) is 7. The highest BCUT2D eigenvalue weighted by Crippen LogP contribution is 2.42. The summed E-state index contributed by atoms with van der Waals surface area (Å²) in [5.74, 6) is 2.38. The van der Waals surface area contributed by atoms with Gasteiger partial charge in [0.05, 0.1) is 31.2 Å². The molecular weight excluding hydrogens is 589 g/mol. The molecule has 2 aliphatic rings. The van der Waals surface area contributed by atoms with Crippen molar-refractivity contribution in [3.8, 4) is 11.6 Å². The Bertz CT molecular complexity index is 1600. The Kier molecular flexibility index (Phi) is 8.61. The molecule has 2 saturated heterocycles. The maximum atomic E-state index is 12.5. The first kappa shape index (κ1) is 29.5. The average molecular weight is 625 g/mol. The van der Waals surface area contributed by atoms with Crippen molar-refractivity contribution in [2.24, 2.45) is 5.92 Å². The smallest absolute Gasteiger partial charge is 0.351 e. The summed E-state index contributed by atoms with van der Waals surface area (Å²) in [5, 5.41) is 5.39. The highest BCUT2D eigenvalue weighted by molar-refractivity contribution is 6.35. The minimum absolute atomic E-state index is 0.205. The van der Waals surface area contributed by atoms with Crippen LogP contribution < -0.4 is 20.2 Å². The van der Waals surface area contributed by atoms with E-state index in [2.05, 4.69) is 43.9 Å². The van der Waals surface area contributed by atoms with Gasteiger partial charge in [-0.15, -0.1) is 0 Å². The molecule has 0 N–H and O–H groups in total. The van der Waals surface area contributed by atoms with Gasteiger partial charge in [-0.05, 0) is 56.2 Å². The van der Waals surface area contributed by atoms with E-state index in [0.29, 0.717) is 35.6 Å². The number of ether oxygens (including phenoxy) is 2. The molecule has 0 amide bonds. The Hall–Kier alpha value is -3.60. The second-order valence-corrected chi connectivity index (χ2v) is 12.1. The van der Waals surface area contributed by atoms with Crippen molar-refractivity contribution in [3.05, 3.63) is 87.3 Å². The van der Waals surface area contributed by atoms with Crippen molar-refractivity contribution < 1.29 is 9.47 Å². The van der Waals surface area contributed by atoms with Gasteiger partial charge >= 0.3 is 5.69 Å². The van der Waals surface area contributed by atoms with Crippen LogP contribution in [-0.2, 0) is 16.9 Å². The van der Waals surface area contributed by atoms with Gasteiger partial charge in [0.1, 0.15) is 17.9 Å². The van der Waals surface area contributed by atoms with Crippen LogP contribution in [0.2, 0.25) is 10.0 Å². The summed E-state index contributed by atoms with van der Waals surface area (Å²) in [7, 11) is 0. The fourth-order valence-electron chi connectivity index (χ4n) is 5.81. The molecule has 12 heteroatoms. The minimum atomic E-state index is -0.451. The number of rotatable bonds is 9. The van der Waals surface area contributed by atoms with Gasteiger partial charge in [0, 0.05) is 59.9 Å². The number of anilines is 2. The van der Waals surface area contributed by atoms with Gasteiger partial charge in [0.2, 0.25) is 0 Å². The molecule has 2 aromatic carbocycles. The lowest BCUT2D eigenvalue weighted by Gasteiger charge is -2.36. The molecule has 0 saturated carbocycles. The van der Waals surface area contributed by atoms with Crippen LogP contribution in [-0.4, -0.2) is 63.7 Å². The average Bonchev–Trinajstić information content (AvgIpc) is 3.59. The van der Waals surface area contributed by atoms with Gasteiger partial charge in [-0.2, -0.15) is 5.10 Å². The van der Waals surface area contributed by atoms with Crippen LogP contribution >= 0.6 is 23.2 Å². The van der Waals surface area contributed by atoms with E-state index >= 15 is 0 Å². The number of aromatic nitrogens is 5. The molecule has 0 aliphatic carbocycles. The topological polar surface area (TPSA) is 90.5 Å². The number of halogens is 2. The molecule has 0 bridgehead atoms. The Morgan fingerprint density at radius 1 is 1.00 bits per heavy atom. The third-order valence-corrected chi connectivity index (χ3v) is 8.70. The number of hydrogen-bond acceptors (Lipinski definition) is 8. The molecule has 6 rings (SSSR count). The van der Waals surface area contributed by atoms with Crippen molar-refractivity contribution in [2.75, 3.05) is 49.2 Å². The summed E-state index contributed by atoms with van der Waals surface area (Å²) in [6.45, 7) is 9.21. The highest BCUT2D eigenvalue weighted by Gasteiger charge is 2.39. The molecule has 0 spiro atoms. The summed E-state index contributed by atoms with van der Waals surface area (Å²) in [5.41, 5.74) is 1.46. The standard InChI is InChI=1S/C31H35Cl2N7O3/c1-3-10-40-30(41)39(21-36-40)29-18-34-28(17-35-29)38-13-11-37(12-14-38)24-5-7-25(8-6-24)42-19-22-16-31(2,43-20-22)26-9-4-23(32)15-27(26)33/h4-9,15,17-18,21-22H,3,10-14,16,19-20H2,1-2H3. The van der Waals surface area contributed by atoms with Crippen molar-refractivity contribution in [2.45, 2.75) is 38.8 Å². The van der Waals surface area contributed by atoms with Crippen molar-refractivity contribution in [3.63, 3.8) is 0 Å². The Labute approximate surface area is 260 Å². The van der Waals surface area contributed by atoms with E-state index in [0.717, 1.165) is 61.8 Å². The van der Waals surface area contributed by atoms with Crippen LogP contribution in [0, 0.1) is 5.92 Å². The Morgan fingerprint density at radius 2 is 1.72 bits per heavy atom. The van der Waals surface area contributed by atoms with Crippen LogP contribution in [0.15, 0.2) is 66.0 Å². The number of hydrogen-bond donors (Lipinski definition) is 0. The maximum absolute atomic E-state index is 12.5. The second kappa shape index (κ2) is 12.6. The summed E-state index contributed by atoms with van der Waals surface area (Å²) in [4.78, 5) is 26.1. The molecule has 2 unspecified atom stereocenters. The number of piperazine rings is 1. The first-order chi connectivity index (χ1) is 20.8. The molecule has 2 atom stereocenters. The molecular formula is C31H35Cl2N7O3. The van der Waals surface area contributed by atoms with Crippen molar-refractivity contribution in [1.82, 2.24) is 24.3 Å². The minimum Gasteiger partial charge on any atom is -0.493 e. The summed E-state index contributed by atoms with van der Waals surface area (Å²) >= 11 is 12.5. The highest BCUT2D eigenvalue weighted by atomic mass is 35.5. The second-order valence-electron chi connectivity index (χ2n) is 11.3. The van der Waals surface area contributed by atoms with E-state index in [1.807, 2.05) is 31.2 Å². The van der Waals surface area contributed by atoms with Crippen LogP contribution in [0.25, 0.3) is 5.82 Å². The van der Waals surface area contributed by atoms with Crippen LogP contribution in [0.1, 0.15) is 32.3 Å². The first-order valence-electron chi connectivity index (χ1n) is 14.6. The van der Waals surface area contributed by atoms with Gasteiger partial charge in [-0.1, -0.05) is 36.2 Å². The zero-order chi connectivity index (χ0) is 30.0. The zero-order valence-electron chi connectivity index (χ0n) is 24.3. The van der Waals surface area contributed by atoms with E-state index in [-0.39, 0.29) is 11.6 Å². The van der Waals surface area contributed by atoms with Gasteiger partial charge < -0.3 is 19.3 Å². The van der Waals surface area contributed by atoms with Crippen molar-refractivity contribution >= 4 is 34.7 Å². The summed E-state index contributed by atoms with van der Waals surface area (Å²) in [6.07, 6.45) is 6.51. The van der Waals surface area contributed by atoms with Gasteiger partial charge in [0.25, 0.3) is 0 Å². The molecule has 2 fully saturated rings. The number of benzene rings is 2. The van der Waals surface area contributed by atoms with Crippen LogP contribution in [0.3, 0.4) is 0 Å². The molecule has 43 heavy (non-hydrogen) atoms. The molecule has 2 aromatic heterocycles. The molecule has 4 aromatic rings. The lowest BCUT2D eigenvalue weighted by atomic mass is 9.89. The quantitative estimate of drug-likeness (QED) is 0.251. The van der Waals surface area contributed by atoms with E-state index < -0.39 is 5.60 Å². The van der Waals surface area contributed by atoms with E-state index in [1.165, 1.54) is 15.6 Å². The largest absolute Gasteiger partial charge is 0.493 e. The van der Waals surface area contributed by atoms with E-state index in [1.54, 1.807) is 18.5 Å². The van der Waals surface area contributed by atoms with E-state index in [4.69, 9.17) is 32.7 Å². The molecule has 226 valence electrons. The molecule has 10 nitrogen and oxygen atoms in total. The molecule has 0 radical (unpaired) electrons. The van der Waals surface area contributed by atoms with Crippen molar-refractivity contribution in [1.29, 1.82) is 0 Å². The fourth-order valence-corrected chi connectivity index (χ4v) is 6.41. The SMILES string of the molecule is CCCn1ncn(-c2cnc(N3CCN(c4ccc(OCC5COC(C)(c6ccc(Cl)cc6Cl)C5)cc4)CC3)cn2)c1=O. The fraction of sp³-hybridized carbons (Fsp3) is 0.419. The molecule has 2 aliphatic heterocycles. The number of aryl methyl sites for hydroxylation is 1. The third-order valence-electron chi connectivity index (χ3n) is 8.15. The first-order valence-corrected chi connectivity index (χ1v) is 15.4. The predicted octanol–water partition coefficient (Wildman–Crippen LogP) is 5.20. The summed E-state index contributed by atoms with van der Waals surface area (Å²) < 4.78 is 15.2. The van der Waals surface area contributed by atoms with Gasteiger partial charge in [-0.3, -0.25) is 0 Å². The zero-order valence-corrected chi connectivity index (χ0v) is 25.8.